The summed E-state index contributed by atoms with van der Waals surface area (Å²) >= 11 is 0. The van der Waals surface area contributed by atoms with Crippen molar-refractivity contribution < 1.29 is 23.4 Å². The lowest BCUT2D eigenvalue weighted by Gasteiger charge is -2.18. The summed E-state index contributed by atoms with van der Waals surface area (Å²) in [5.74, 6) is 0.938. The van der Waals surface area contributed by atoms with E-state index in [9.17, 15) is 14.0 Å². The van der Waals surface area contributed by atoms with Crippen LogP contribution in [0.15, 0.2) is 77.6 Å². The van der Waals surface area contributed by atoms with E-state index in [0.29, 0.717) is 28.3 Å². The second kappa shape index (κ2) is 13.0. The highest BCUT2D eigenvalue weighted by Crippen LogP contribution is 2.29. The molecule has 9 heteroatoms. The summed E-state index contributed by atoms with van der Waals surface area (Å²) in [5, 5.41) is 3.43. The molecule has 0 fully saturated rings. The smallest absolute Gasteiger partial charge is 0.257 e. The van der Waals surface area contributed by atoms with Gasteiger partial charge in [0.2, 0.25) is 0 Å². The van der Waals surface area contributed by atoms with Gasteiger partial charge in [-0.05, 0) is 86.1 Å². The molecule has 0 saturated heterocycles. The monoisotopic (exact) mass is 583 g/mol. The van der Waals surface area contributed by atoms with Crippen LogP contribution in [0, 0.1) is 5.82 Å². The van der Waals surface area contributed by atoms with Gasteiger partial charge in [-0.25, -0.2) is 4.39 Å². The van der Waals surface area contributed by atoms with E-state index in [2.05, 4.69) is 22.2 Å². The van der Waals surface area contributed by atoms with Crippen LogP contribution in [-0.2, 0) is 13.0 Å². The molecule has 5 aromatic rings. The molecule has 8 nitrogen and oxygen atoms in total. The third-order valence-electron chi connectivity index (χ3n) is 7.48. The number of para-hydroxylation sites is 2. The summed E-state index contributed by atoms with van der Waals surface area (Å²) in [6.45, 7) is 1.65. The van der Waals surface area contributed by atoms with Crippen LogP contribution in [0.4, 0.5) is 10.1 Å². The van der Waals surface area contributed by atoms with Gasteiger partial charge < -0.3 is 29.4 Å². The molecule has 1 heterocycles. The van der Waals surface area contributed by atoms with Crippen LogP contribution in [0.3, 0.4) is 0 Å². The summed E-state index contributed by atoms with van der Waals surface area (Å²) in [6.07, 6.45) is 1.75. The molecule has 4 aromatic carbocycles. The van der Waals surface area contributed by atoms with Crippen molar-refractivity contribution in [1.82, 2.24) is 9.88 Å². The predicted octanol–water partition coefficient (Wildman–Crippen LogP) is 6.16. The molecule has 2 N–H and O–H groups in total. The number of aromatic nitrogens is 1. The van der Waals surface area contributed by atoms with Crippen LogP contribution in [0.5, 0.6) is 17.2 Å². The summed E-state index contributed by atoms with van der Waals surface area (Å²) in [5.41, 5.74) is 2.93. The summed E-state index contributed by atoms with van der Waals surface area (Å²) in [4.78, 5) is 31.6. The number of aromatic amines is 1. The van der Waals surface area contributed by atoms with Gasteiger partial charge in [0, 0.05) is 17.3 Å². The lowest BCUT2D eigenvalue weighted by molar-refractivity contribution is 0.102. The highest BCUT2D eigenvalue weighted by atomic mass is 19.1. The van der Waals surface area contributed by atoms with Gasteiger partial charge in [-0.1, -0.05) is 24.3 Å². The van der Waals surface area contributed by atoms with Gasteiger partial charge in [-0.2, -0.15) is 0 Å². The molecule has 0 aliphatic carbocycles. The first-order valence-electron chi connectivity index (χ1n) is 13.9. The molecule has 0 bridgehead atoms. The average Bonchev–Trinajstić information content (AvgIpc) is 3.02. The molecule has 0 aliphatic heterocycles. The molecule has 0 radical (unpaired) electrons. The van der Waals surface area contributed by atoms with Gasteiger partial charge >= 0.3 is 0 Å². The maximum absolute atomic E-state index is 14.5. The zero-order valence-corrected chi connectivity index (χ0v) is 24.6. The first-order valence-corrected chi connectivity index (χ1v) is 13.9. The highest BCUT2D eigenvalue weighted by molar-refractivity contribution is 6.13. The number of aryl methyl sites for hydroxylation is 1. The zero-order chi connectivity index (χ0) is 30.5. The minimum Gasteiger partial charge on any atom is -0.495 e. The van der Waals surface area contributed by atoms with E-state index in [0.717, 1.165) is 37.1 Å². The second-order valence-corrected chi connectivity index (χ2v) is 10.4. The Morgan fingerprint density at radius 2 is 1.51 bits per heavy atom. The standard InChI is InChI=1S/C34H34FN3O5/c1-38(20-22-14-16-28(41-2)30(19-22)43-4)17-7-8-21-13-15-27(29(18-21)42-3)36-34(40)25-11-5-9-23-31(25)37-32-24(33(23)39)10-6-12-26(32)35/h5-6,9-16,18-19H,7-8,17,20H2,1-4H3,(H,36,40)(H,37,39). The number of fused-ring (bicyclic) bond motifs is 2. The summed E-state index contributed by atoms with van der Waals surface area (Å²) in [7, 11) is 6.88. The molecule has 0 spiro atoms. The number of benzene rings is 4. The number of carbonyl (C=O) groups is 1. The van der Waals surface area contributed by atoms with Gasteiger partial charge in [-0.3, -0.25) is 9.59 Å². The molecule has 222 valence electrons. The number of carbonyl (C=O) groups excluding carboxylic acids is 1. The predicted molar refractivity (Wildman–Crippen MR) is 167 cm³/mol. The fourth-order valence-electron chi connectivity index (χ4n) is 5.28. The lowest BCUT2D eigenvalue weighted by Crippen LogP contribution is -2.19. The highest BCUT2D eigenvalue weighted by Gasteiger charge is 2.17. The Bertz CT molecular complexity index is 1850. The number of pyridine rings is 1. The van der Waals surface area contributed by atoms with Crippen LogP contribution in [0.2, 0.25) is 0 Å². The van der Waals surface area contributed by atoms with Crippen molar-refractivity contribution in [2.45, 2.75) is 19.4 Å². The number of nitrogens with one attached hydrogen (secondary N) is 2. The molecule has 0 atom stereocenters. The molecule has 1 aromatic heterocycles. The number of hydrogen-bond acceptors (Lipinski definition) is 6. The van der Waals surface area contributed by atoms with Crippen molar-refractivity contribution in [3.05, 3.63) is 106 Å². The van der Waals surface area contributed by atoms with Crippen LogP contribution in [0.25, 0.3) is 21.8 Å². The van der Waals surface area contributed by atoms with Gasteiger partial charge in [0.15, 0.2) is 16.9 Å². The van der Waals surface area contributed by atoms with Crippen molar-refractivity contribution in [2.24, 2.45) is 0 Å². The maximum Gasteiger partial charge on any atom is 0.257 e. The quantitative estimate of drug-likeness (QED) is 0.181. The number of nitrogens with zero attached hydrogens (tertiary/aromatic N) is 1. The third-order valence-corrected chi connectivity index (χ3v) is 7.48. The fourth-order valence-corrected chi connectivity index (χ4v) is 5.28. The van der Waals surface area contributed by atoms with E-state index < -0.39 is 11.7 Å². The Labute approximate surface area is 249 Å². The SMILES string of the molecule is COc1cc(CCCN(C)Cc2ccc(OC)c(OC)c2)ccc1NC(=O)c1cccc2c(=O)c3cccc(F)c3[nH]c12. The molecule has 1 amide bonds. The minimum absolute atomic E-state index is 0.0663. The van der Waals surface area contributed by atoms with Gasteiger partial charge in [-0.15, -0.1) is 0 Å². The van der Waals surface area contributed by atoms with Crippen LogP contribution in [-0.4, -0.2) is 50.7 Å². The van der Waals surface area contributed by atoms with Crippen LogP contribution in [0.1, 0.15) is 27.9 Å². The molecule has 0 unspecified atom stereocenters. The van der Waals surface area contributed by atoms with E-state index in [1.807, 2.05) is 36.4 Å². The van der Waals surface area contributed by atoms with E-state index >= 15 is 0 Å². The first-order chi connectivity index (χ1) is 20.8. The minimum atomic E-state index is -0.559. The Morgan fingerprint density at radius 3 is 2.26 bits per heavy atom. The van der Waals surface area contributed by atoms with Gasteiger partial charge in [0.05, 0.1) is 43.6 Å². The fraction of sp³-hybridized carbons (Fsp3) is 0.235. The lowest BCUT2D eigenvalue weighted by atomic mass is 10.0. The molecule has 43 heavy (non-hydrogen) atoms. The summed E-state index contributed by atoms with van der Waals surface area (Å²) in [6, 6.07) is 20.8. The molecule has 5 rings (SSSR count). The number of anilines is 1. The van der Waals surface area contributed by atoms with Crippen molar-refractivity contribution in [3.8, 4) is 17.2 Å². The van der Waals surface area contributed by atoms with E-state index in [-0.39, 0.29) is 27.4 Å². The number of hydrogen-bond donors (Lipinski definition) is 2. The first kappa shape index (κ1) is 29.6. The Balaban J connectivity index is 1.26. The van der Waals surface area contributed by atoms with Crippen molar-refractivity contribution in [3.63, 3.8) is 0 Å². The normalized spacial score (nSPS) is 11.2. The van der Waals surface area contributed by atoms with E-state index in [1.54, 1.807) is 45.6 Å². The van der Waals surface area contributed by atoms with Gasteiger partial charge in [0.25, 0.3) is 5.91 Å². The maximum atomic E-state index is 14.5. The van der Waals surface area contributed by atoms with Crippen LogP contribution >= 0.6 is 0 Å². The third kappa shape index (κ3) is 6.32. The summed E-state index contributed by atoms with van der Waals surface area (Å²) < 4.78 is 30.8. The number of amides is 1. The molecular weight excluding hydrogens is 549 g/mol. The number of halogens is 1. The Hall–Kier alpha value is -4.89. The van der Waals surface area contributed by atoms with Gasteiger partial charge in [0.1, 0.15) is 11.6 Å². The molecule has 0 saturated carbocycles. The van der Waals surface area contributed by atoms with Crippen LogP contribution < -0.4 is 25.0 Å². The Kier molecular flexibility index (Phi) is 8.92. The van der Waals surface area contributed by atoms with Crippen molar-refractivity contribution in [2.75, 3.05) is 40.2 Å². The number of methoxy groups -OCH3 is 3. The second-order valence-electron chi connectivity index (χ2n) is 10.4. The molecular formula is C34H34FN3O5. The van der Waals surface area contributed by atoms with E-state index in [1.165, 1.54) is 12.1 Å². The zero-order valence-electron chi connectivity index (χ0n) is 24.6. The van der Waals surface area contributed by atoms with Crippen molar-refractivity contribution in [1.29, 1.82) is 0 Å². The van der Waals surface area contributed by atoms with Crippen molar-refractivity contribution >= 4 is 33.4 Å². The van der Waals surface area contributed by atoms with E-state index in [4.69, 9.17) is 14.2 Å². The number of ether oxygens (including phenoxy) is 3. The average molecular weight is 584 g/mol. The molecule has 0 aliphatic rings. The topological polar surface area (TPSA) is 92.9 Å². The largest absolute Gasteiger partial charge is 0.495 e. The Morgan fingerprint density at radius 1 is 0.837 bits per heavy atom. The number of H-pyrrole nitrogens is 1. The number of rotatable bonds is 11.